The van der Waals surface area contributed by atoms with Crippen molar-refractivity contribution in [1.29, 1.82) is 0 Å². The lowest BCUT2D eigenvalue weighted by atomic mass is 9.94. The molecule has 0 saturated carbocycles. The van der Waals surface area contributed by atoms with E-state index in [2.05, 4.69) is 6.92 Å². The van der Waals surface area contributed by atoms with Crippen molar-refractivity contribution in [3.63, 3.8) is 0 Å². The SMILES string of the molecule is CC1CCN(C(=O)N2CCC(CC(=O)O)CC2)C1. The number of aliphatic carboxylic acids is 1. The van der Waals surface area contributed by atoms with Crippen molar-refractivity contribution in [3.05, 3.63) is 0 Å². The zero-order valence-corrected chi connectivity index (χ0v) is 11.0. The number of carboxylic acids is 1. The van der Waals surface area contributed by atoms with Gasteiger partial charge in [-0.1, -0.05) is 6.92 Å². The fourth-order valence-electron chi connectivity index (χ4n) is 2.88. The Bertz CT molecular complexity index is 324. The molecule has 102 valence electrons. The lowest BCUT2D eigenvalue weighted by molar-refractivity contribution is -0.138. The van der Waals surface area contributed by atoms with Crippen molar-refractivity contribution >= 4 is 12.0 Å². The van der Waals surface area contributed by atoms with Crippen LogP contribution in [-0.4, -0.2) is 53.1 Å². The van der Waals surface area contributed by atoms with Crippen molar-refractivity contribution in [1.82, 2.24) is 9.80 Å². The van der Waals surface area contributed by atoms with E-state index in [9.17, 15) is 9.59 Å². The monoisotopic (exact) mass is 254 g/mol. The maximum absolute atomic E-state index is 12.2. The molecule has 2 aliphatic rings. The quantitative estimate of drug-likeness (QED) is 0.814. The molecule has 2 fully saturated rings. The Morgan fingerprint density at radius 3 is 2.22 bits per heavy atom. The number of amides is 2. The van der Waals surface area contributed by atoms with Crippen LogP contribution in [0.25, 0.3) is 0 Å². The highest BCUT2D eigenvalue weighted by Gasteiger charge is 2.30. The van der Waals surface area contributed by atoms with Gasteiger partial charge in [-0.05, 0) is 31.1 Å². The molecule has 1 atom stereocenters. The third-order valence-corrected chi connectivity index (χ3v) is 4.04. The summed E-state index contributed by atoms with van der Waals surface area (Å²) in [6, 6.07) is 0.146. The highest BCUT2D eigenvalue weighted by atomic mass is 16.4. The highest BCUT2D eigenvalue weighted by molar-refractivity contribution is 5.75. The maximum atomic E-state index is 12.2. The van der Waals surface area contributed by atoms with Crippen LogP contribution in [0.1, 0.15) is 32.6 Å². The lowest BCUT2D eigenvalue weighted by Crippen LogP contribution is -2.46. The van der Waals surface area contributed by atoms with Crippen LogP contribution >= 0.6 is 0 Å². The number of likely N-dealkylation sites (tertiary alicyclic amines) is 2. The third kappa shape index (κ3) is 3.15. The minimum atomic E-state index is -0.729. The number of hydrogen-bond acceptors (Lipinski definition) is 2. The zero-order valence-electron chi connectivity index (χ0n) is 11.0. The van der Waals surface area contributed by atoms with Gasteiger partial charge in [-0.2, -0.15) is 0 Å². The van der Waals surface area contributed by atoms with Crippen molar-refractivity contribution < 1.29 is 14.7 Å². The first kappa shape index (κ1) is 13.2. The third-order valence-electron chi connectivity index (χ3n) is 4.04. The summed E-state index contributed by atoms with van der Waals surface area (Å²) in [6.07, 6.45) is 2.98. The summed E-state index contributed by atoms with van der Waals surface area (Å²) in [5, 5.41) is 8.75. The van der Waals surface area contributed by atoms with Crippen molar-refractivity contribution in [3.8, 4) is 0 Å². The number of carboxylic acid groups (broad SMARTS) is 1. The first-order valence-corrected chi connectivity index (χ1v) is 6.82. The average molecular weight is 254 g/mol. The van der Waals surface area contributed by atoms with Gasteiger partial charge in [0.25, 0.3) is 0 Å². The molecule has 0 aliphatic carbocycles. The van der Waals surface area contributed by atoms with Crippen molar-refractivity contribution in [2.24, 2.45) is 11.8 Å². The number of rotatable bonds is 2. The van der Waals surface area contributed by atoms with Gasteiger partial charge >= 0.3 is 12.0 Å². The van der Waals surface area contributed by atoms with Crippen molar-refractivity contribution in [2.45, 2.75) is 32.6 Å². The van der Waals surface area contributed by atoms with Crippen LogP contribution in [-0.2, 0) is 4.79 Å². The summed E-state index contributed by atoms with van der Waals surface area (Å²) in [5.74, 6) is 0.121. The second-order valence-electron chi connectivity index (χ2n) is 5.65. The van der Waals surface area contributed by atoms with Crippen LogP contribution in [0.15, 0.2) is 0 Å². The lowest BCUT2D eigenvalue weighted by Gasteiger charge is -2.34. The zero-order chi connectivity index (χ0) is 13.1. The number of hydrogen-bond donors (Lipinski definition) is 1. The van der Waals surface area contributed by atoms with Crippen molar-refractivity contribution in [2.75, 3.05) is 26.2 Å². The molecule has 1 unspecified atom stereocenters. The van der Waals surface area contributed by atoms with Crippen LogP contribution in [0, 0.1) is 11.8 Å². The molecule has 0 aromatic rings. The number of nitrogens with zero attached hydrogens (tertiary/aromatic N) is 2. The molecule has 0 radical (unpaired) electrons. The van der Waals surface area contributed by atoms with Gasteiger partial charge in [-0.3, -0.25) is 4.79 Å². The molecule has 18 heavy (non-hydrogen) atoms. The summed E-state index contributed by atoms with van der Waals surface area (Å²) >= 11 is 0. The van der Waals surface area contributed by atoms with E-state index in [0.29, 0.717) is 19.0 Å². The molecule has 5 nitrogen and oxygen atoms in total. The van der Waals surface area contributed by atoms with Gasteiger partial charge in [0, 0.05) is 32.6 Å². The molecular weight excluding hydrogens is 232 g/mol. The summed E-state index contributed by atoms with van der Waals surface area (Å²) in [5.41, 5.74) is 0. The Hall–Kier alpha value is -1.26. The Morgan fingerprint density at radius 1 is 1.11 bits per heavy atom. The Labute approximate surface area is 108 Å². The number of carbonyl (C=O) groups is 2. The summed E-state index contributed by atoms with van der Waals surface area (Å²) in [4.78, 5) is 26.7. The van der Waals surface area contributed by atoms with Crippen LogP contribution in [0.4, 0.5) is 4.79 Å². The Kier molecular flexibility index (Phi) is 4.09. The van der Waals surface area contributed by atoms with Crippen LogP contribution < -0.4 is 0 Å². The topological polar surface area (TPSA) is 60.9 Å². The normalized spacial score (nSPS) is 25.5. The second-order valence-corrected chi connectivity index (χ2v) is 5.65. The molecule has 5 heteroatoms. The minimum Gasteiger partial charge on any atom is -0.481 e. The molecular formula is C13H22N2O3. The molecule has 2 aliphatic heterocycles. The smallest absolute Gasteiger partial charge is 0.320 e. The summed E-state index contributed by atoms with van der Waals surface area (Å²) in [6.45, 7) is 5.33. The number of piperidine rings is 1. The minimum absolute atomic E-state index is 0.146. The van der Waals surface area contributed by atoms with Crippen LogP contribution in [0.5, 0.6) is 0 Å². The molecule has 2 rings (SSSR count). The highest BCUT2D eigenvalue weighted by Crippen LogP contribution is 2.23. The largest absolute Gasteiger partial charge is 0.481 e. The van der Waals surface area contributed by atoms with E-state index in [4.69, 9.17) is 5.11 Å². The van der Waals surface area contributed by atoms with E-state index < -0.39 is 5.97 Å². The molecule has 2 heterocycles. The van der Waals surface area contributed by atoms with E-state index in [1.165, 1.54) is 0 Å². The van der Waals surface area contributed by atoms with E-state index in [-0.39, 0.29) is 18.4 Å². The van der Waals surface area contributed by atoms with Crippen LogP contribution in [0.3, 0.4) is 0 Å². The second kappa shape index (κ2) is 5.59. The average Bonchev–Trinajstić information content (AvgIpc) is 2.75. The predicted octanol–water partition coefficient (Wildman–Crippen LogP) is 1.63. The fraction of sp³-hybridized carbons (Fsp3) is 0.846. The first-order chi connectivity index (χ1) is 8.56. The summed E-state index contributed by atoms with van der Waals surface area (Å²) in [7, 11) is 0. The molecule has 0 spiro atoms. The van der Waals surface area contributed by atoms with Gasteiger partial charge < -0.3 is 14.9 Å². The first-order valence-electron chi connectivity index (χ1n) is 6.82. The maximum Gasteiger partial charge on any atom is 0.320 e. The van der Waals surface area contributed by atoms with E-state index in [1.54, 1.807) is 0 Å². The predicted molar refractivity (Wildman–Crippen MR) is 67.3 cm³/mol. The molecule has 0 aromatic carbocycles. The van der Waals surface area contributed by atoms with Gasteiger partial charge in [-0.25, -0.2) is 4.79 Å². The fourth-order valence-corrected chi connectivity index (χ4v) is 2.88. The van der Waals surface area contributed by atoms with Gasteiger partial charge in [0.15, 0.2) is 0 Å². The van der Waals surface area contributed by atoms with Gasteiger partial charge in [0.05, 0.1) is 0 Å². The Balaban J connectivity index is 1.79. The summed E-state index contributed by atoms with van der Waals surface area (Å²) < 4.78 is 0. The number of urea groups is 1. The molecule has 2 amide bonds. The van der Waals surface area contributed by atoms with Gasteiger partial charge in [0.1, 0.15) is 0 Å². The van der Waals surface area contributed by atoms with Crippen LogP contribution in [0.2, 0.25) is 0 Å². The molecule has 2 saturated heterocycles. The van der Waals surface area contributed by atoms with Gasteiger partial charge in [0.2, 0.25) is 0 Å². The van der Waals surface area contributed by atoms with E-state index >= 15 is 0 Å². The molecule has 0 bridgehead atoms. The van der Waals surface area contributed by atoms with E-state index in [0.717, 1.165) is 32.4 Å². The molecule has 0 aromatic heterocycles. The standard InChI is InChI=1S/C13H22N2O3/c1-10-2-5-15(9-10)13(18)14-6-3-11(4-7-14)8-12(16)17/h10-11H,2-9H2,1H3,(H,16,17). The van der Waals surface area contributed by atoms with E-state index in [1.807, 2.05) is 9.80 Å². The Morgan fingerprint density at radius 2 is 1.72 bits per heavy atom. The number of carbonyl (C=O) groups excluding carboxylic acids is 1. The van der Waals surface area contributed by atoms with Gasteiger partial charge in [-0.15, -0.1) is 0 Å². The molecule has 1 N–H and O–H groups in total.